The molecule has 1 fully saturated rings. The number of anilines is 1. The first-order valence-corrected chi connectivity index (χ1v) is 10.7. The number of benzene rings is 2. The largest absolute Gasteiger partial charge is 0.450 e. The number of hydrogen-bond donors (Lipinski definition) is 2. The Balaban J connectivity index is 1.53. The normalized spacial score (nSPS) is 14.3. The summed E-state index contributed by atoms with van der Waals surface area (Å²) in [5.74, 6) is -0.0691. The van der Waals surface area contributed by atoms with E-state index >= 15 is 0 Å². The maximum absolute atomic E-state index is 12.7. The fourth-order valence-corrected chi connectivity index (χ4v) is 3.71. The van der Waals surface area contributed by atoms with Gasteiger partial charge in [-0.05, 0) is 55.5 Å². The second-order valence-electron chi connectivity index (χ2n) is 7.50. The van der Waals surface area contributed by atoms with E-state index in [4.69, 9.17) is 4.74 Å². The standard InChI is InChI=1S/C24H31N3O3/c1-3-19-9-5-6-11-22(19)25-17-18-8-7-10-20(16-18)23(28)26-21-12-14-27(15-13-21)24(29)30-4-2/h5-11,16,21,25H,3-4,12-15,17H2,1-2H3,(H,26,28). The van der Waals surface area contributed by atoms with Crippen molar-refractivity contribution in [3.8, 4) is 0 Å². The summed E-state index contributed by atoms with van der Waals surface area (Å²) in [6.07, 6.45) is 2.17. The molecule has 3 rings (SSSR count). The van der Waals surface area contributed by atoms with Crippen LogP contribution in [0, 0.1) is 0 Å². The molecule has 0 spiro atoms. The predicted molar refractivity (Wildman–Crippen MR) is 119 cm³/mol. The van der Waals surface area contributed by atoms with Crippen molar-refractivity contribution < 1.29 is 14.3 Å². The Labute approximate surface area is 178 Å². The van der Waals surface area contributed by atoms with Gasteiger partial charge in [-0.25, -0.2) is 4.79 Å². The highest BCUT2D eigenvalue weighted by Crippen LogP contribution is 2.17. The maximum Gasteiger partial charge on any atom is 0.409 e. The second-order valence-corrected chi connectivity index (χ2v) is 7.50. The molecule has 6 nitrogen and oxygen atoms in total. The van der Waals surface area contributed by atoms with Crippen LogP contribution in [0.2, 0.25) is 0 Å². The van der Waals surface area contributed by atoms with E-state index in [2.05, 4.69) is 29.7 Å². The molecule has 0 bridgehead atoms. The number of piperidine rings is 1. The van der Waals surface area contributed by atoms with Crippen LogP contribution < -0.4 is 10.6 Å². The topological polar surface area (TPSA) is 70.7 Å². The van der Waals surface area contributed by atoms with Gasteiger partial charge in [-0.2, -0.15) is 0 Å². The monoisotopic (exact) mass is 409 g/mol. The number of likely N-dealkylation sites (tertiary alicyclic amines) is 1. The average Bonchev–Trinajstić information content (AvgIpc) is 2.78. The molecule has 160 valence electrons. The minimum atomic E-state index is -0.271. The number of para-hydroxylation sites is 1. The van der Waals surface area contributed by atoms with E-state index in [0.717, 1.165) is 30.5 Å². The van der Waals surface area contributed by atoms with Gasteiger partial charge in [0.1, 0.15) is 0 Å². The average molecular weight is 410 g/mol. The van der Waals surface area contributed by atoms with Crippen molar-refractivity contribution in [2.24, 2.45) is 0 Å². The summed E-state index contributed by atoms with van der Waals surface area (Å²) in [6.45, 7) is 6.19. The van der Waals surface area contributed by atoms with Crippen molar-refractivity contribution in [1.29, 1.82) is 0 Å². The van der Waals surface area contributed by atoms with Gasteiger partial charge < -0.3 is 20.3 Å². The molecule has 0 radical (unpaired) electrons. The van der Waals surface area contributed by atoms with Crippen molar-refractivity contribution in [2.45, 2.75) is 45.7 Å². The van der Waals surface area contributed by atoms with Crippen molar-refractivity contribution in [3.63, 3.8) is 0 Å². The number of hydrogen-bond acceptors (Lipinski definition) is 4. The first kappa shape index (κ1) is 21.7. The molecule has 1 aliphatic heterocycles. The molecule has 2 aromatic carbocycles. The van der Waals surface area contributed by atoms with Crippen molar-refractivity contribution in [3.05, 3.63) is 65.2 Å². The summed E-state index contributed by atoms with van der Waals surface area (Å²) >= 11 is 0. The highest BCUT2D eigenvalue weighted by Gasteiger charge is 2.24. The summed E-state index contributed by atoms with van der Waals surface area (Å²) < 4.78 is 5.04. The first-order valence-electron chi connectivity index (χ1n) is 10.7. The summed E-state index contributed by atoms with van der Waals surface area (Å²) in [7, 11) is 0. The van der Waals surface area contributed by atoms with E-state index in [9.17, 15) is 9.59 Å². The Morgan fingerprint density at radius 2 is 1.83 bits per heavy atom. The lowest BCUT2D eigenvalue weighted by molar-refractivity contribution is 0.0860. The Bertz CT molecular complexity index is 860. The molecule has 0 aliphatic carbocycles. The zero-order chi connectivity index (χ0) is 21.3. The number of nitrogens with zero attached hydrogens (tertiary/aromatic N) is 1. The molecule has 6 heteroatoms. The van der Waals surface area contributed by atoms with Gasteiger partial charge in [0.15, 0.2) is 0 Å². The van der Waals surface area contributed by atoms with Crippen LogP contribution in [0.4, 0.5) is 10.5 Å². The highest BCUT2D eigenvalue weighted by molar-refractivity contribution is 5.94. The molecular weight excluding hydrogens is 378 g/mol. The van der Waals surface area contributed by atoms with Gasteiger partial charge in [0.25, 0.3) is 5.91 Å². The molecule has 1 saturated heterocycles. The molecular formula is C24H31N3O3. The third-order valence-corrected chi connectivity index (χ3v) is 5.43. The molecule has 30 heavy (non-hydrogen) atoms. The number of nitrogens with one attached hydrogen (secondary N) is 2. The number of carbonyl (C=O) groups is 2. The Morgan fingerprint density at radius 1 is 1.07 bits per heavy atom. The lowest BCUT2D eigenvalue weighted by Crippen LogP contribution is -2.46. The zero-order valence-electron chi connectivity index (χ0n) is 17.8. The first-order chi connectivity index (χ1) is 14.6. The molecule has 2 N–H and O–H groups in total. The molecule has 1 aliphatic rings. The smallest absolute Gasteiger partial charge is 0.409 e. The van der Waals surface area contributed by atoms with E-state index in [1.807, 2.05) is 36.4 Å². The maximum atomic E-state index is 12.7. The van der Waals surface area contributed by atoms with E-state index in [0.29, 0.717) is 31.8 Å². The summed E-state index contributed by atoms with van der Waals surface area (Å²) in [4.78, 5) is 26.2. The van der Waals surface area contributed by atoms with Gasteiger partial charge in [-0.3, -0.25) is 4.79 Å². The lowest BCUT2D eigenvalue weighted by Gasteiger charge is -2.31. The molecule has 0 atom stereocenters. The predicted octanol–water partition coefficient (Wildman–Crippen LogP) is 4.21. The molecule has 2 amide bonds. The van der Waals surface area contributed by atoms with E-state index in [1.165, 1.54) is 5.56 Å². The van der Waals surface area contributed by atoms with Crippen molar-refractivity contribution in [1.82, 2.24) is 10.2 Å². The second kappa shape index (κ2) is 10.7. The Hall–Kier alpha value is -3.02. The lowest BCUT2D eigenvalue weighted by atomic mass is 10.0. The minimum absolute atomic E-state index is 0.0691. The minimum Gasteiger partial charge on any atom is -0.450 e. The third-order valence-electron chi connectivity index (χ3n) is 5.43. The summed E-state index contributed by atoms with van der Waals surface area (Å²) in [5, 5.41) is 6.58. The molecule has 0 saturated carbocycles. The zero-order valence-corrected chi connectivity index (χ0v) is 17.8. The van der Waals surface area contributed by atoms with E-state index in [-0.39, 0.29) is 18.0 Å². The summed E-state index contributed by atoms with van der Waals surface area (Å²) in [5.41, 5.74) is 4.13. The summed E-state index contributed by atoms with van der Waals surface area (Å²) in [6, 6.07) is 16.1. The van der Waals surface area contributed by atoms with Gasteiger partial charge in [0, 0.05) is 36.9 Å². The SMILES string of the molecule is CCOC(=O)N1CCC(NC(=O)c2cccc(CNc3ccccc3CC)c2)CC1. The van der Waals surface area contributed by atoms with Crippen LogP contribution in [0.5, 0.6) is 0 Å². The highest BCUT2D eigenvalue weighted by atomic mass is 16.6. The van der Waals surface area contributed by atoms with Crippen LogP contribution in [0.25, 0.3) is 0 Å². The van der Waals surface area contributed by atoms with E-state index in [1.54, 1.807) is 11.8 Å². The Kier molecular flexibility index (Phi) is 7.71. The fourth-order valence-electron chi connectivity index (χ4n) is 3.71. The fraction of sp³-hybridized carbons (Fsp3) is 0.417. The molecule has 1 heterocycles. The molecule has 0 aromatic heterocycles. The number of ether oxygens (including phenoxy) is 1. The van der Waals surface area contributed by atoms with Crippen LogP contribution >= 0.6 is 0 Å². The van der Waals surface area contributed by atoms with E-state index < -0.39 is 0 Å². The van der Waals surface area contributed by atoms with Gasteiger partial charge in [-0.15, -0.1) is 0 Å². The van der Waals surface area contributed by atoms with Crippen LogP contribution in [-0.2, 0) is 17.7 Å². The van der Waals surface area contributed by atoms with Gasteiger partial charge in [0.2, 0.25) is 0 Å². The van der Waals surface area contributed by atoms with Crippen LogP contribution in [-0.4, -0.2) is 42.6 Å². The quantitative estimate of drug-likeness (QED) is 0.719. The number of rotatable bonds is 7. The van der Waals surface area contributed by atoms with Gasteiger partial charge in [-0.1, -0.05) is 37.3 Å². The van der Waals surface area contributed by atoms with Crippen LogP contribution in [0.1, 0.15) is 48.2 Å². The number of carbonyl (C=O) groups excluding carboxylic acids is 2. The van der Waals surface area contributed by atoms with Gasteiger partial charge >= 0.3 is 6.09 Å². The van der Waals surface area contributed by atoms with Crippen LogP contribution in [0.3, 0.4) is 0 Å². The third kappa shape index (κ3) is 5.75. The number of amides is 2. The van der Waals surface area contributed by atoms with Crippen LogP contribution in [0.15, 0.2) is 48.5 Å². The van der Waals surface area contributed by atoms with Crippen molar-refractivity contribution >= 4 is 17.7 Å². The Morgan fingerprint density at radius 3 is 2.57 bits per heavy atom. The van der Waals surface area contributed by atoms with Gasteiger partial charge in [0.05, 0.1) is 6.61 Å². The molecule has 0 unspecified atom stereocenters. The number of aryl methyl sites for hydroxylation is 1. The molecule has 2 aromatic rings. The van der Waals surface area contributed by atoms with Crippen molar-refractivity contribution in [2.75, 3.05) is 25.0 Å².